The molecule has 7 heteroatoms. The molecule has 0 aliphatic heterocycles. The summed E-state index contributed by atoms with van der Waals surface area (Å²) in [6.07, 6.45) is 0.892. The van der Waals surface area contributed by atoms with Crippen LogP contribution in [-0.2, 0) is 17.8 Å². The first-order valence-electron chi connectivity index (χ1n) is 9.81. The summed E-state index contributed by atoms with van der Waals surface area (Å²) in [6.45, 7) is 5.71. The van der Waals surface area contributed by atoms with E-state index in [1.165, 1.54) is 16.7 Å². The molecule has 0 aliphatic rings. The maximum Gasteiger partial charge on any atom is 0.241 e. The first-order valence-corrected chi connectivity index (χ1v) is 9.81. The number of aliphatic imine (C=N–C) groups is 1. The Balaban J connectivity index is 0.00000450. The van der Waals surface area contributed by atoms with E-state index in [0.29, 0.717) is 12.5 Å². The Bertz CT molecular complexity index is 815. The lowest BCUT2D eigenvalue weighted by atomic mass is 10.0. The van der Waals surface area contributed by atoms with Gasteiger partial charge in [-0.15, -0.1) is 24.0 Å². The zero-order chi connectivity index (χ0) is 21.2. The van der Waals surface area contributed by atoms with Gasteiger partial charge in [0, 0.05) is 20.6 Å². The van der Waals surface area contributed by atoms with E-state index in [1.807, 2.05) is 24.3 Å². The van der Waals surface area contributed by atoms with Crippen molar-refractivity contribution in [1.29, 1.82) is 0 Å². The zero-order valence-corrected chi connectivity index (χ0v) is 20.8. The molecule has 2 aromatic rings. The van der Waals surface area contributed by atoms with Crippen molar-refractivity contribution in [3.63, 3.8) is 0 Å². The highest BCUT2D eigenvalue weighted by molar-refractivity contribution is 14.0. The van der Waals surface area contributed by atoms with Crippen LogP contribution in [-0.4, -0.2) is 51.1 Å². The molecule has 164 valence electrons. The van der Waals surface area contributed by atoms with Crippen molar-refractivity contribution in [1.82, 2.24) is 15.5 Å². The second-order valence-electron chi connectivity index (χ2n) is 7.20. The number of amides is 1. The molecule has 0 atom stereocenters. The Morgan fingerprint density at radius 2 is 1.67 bits per heavy atom. The van der Waals surface area contributed by atoms with Crippen LogP contribution in [0.2, 0.25) is 0 Å². The van der Waals surface area contributed by atoms with Crippen molar-refractivity contribution in [3.05, 3.63) is 64.7 Å². The van der Waals surface area contributed by atoms with Crippen molar-refractivity contribution >= 4 is 35.8 Å². The van der Waals surface area contributed by atoms with Crippen LogP contribution in [0, 0.1) is 13.8 Å². The van der Waals surface area contributed by atoms with Gasteiger partial charge in [0.2, 0.25) is 5.91 Å². The molecular weight excluding hydrogens is 491 g/mol. The maximum atomic E-state index is 11.9. The Hall–Kier alpha value is -2.29. The van der Waals surface area contributed by atoms with E-state index in [0.717, 1.165) is 24.3 Å². The topological polar surface area (TPSA) is 66.0 Å². The summed E-state index contributed by atoms with van der Waals surface area (Å²) in [7, 11) is 5.14. The molecule has 1 amide bonds. The van der Waals surface area contributed by atoms with Crippen molar-refractivity contribution in [2.24, 2.45) is 4.99 Å². The van der Waals surface area contributed by atoms with Crippen LogP contribution in [0.4, 0.5) is 0 Å². The largest absolute Gasteiger partial charge is 0.497 e. The number of halogens is 1. The van der Waals surface area contributed by atoms with Crippen LogP contribution in [0.1, 0.15) is 22.3 Å². The number of guanidine groups is 1. The number of carbonyl (C=O) groups is 1. The Morgan fingerprint density at radius 3 is 2.23 bits per heavy atom. The molecule has 0 saturated carbocycles. The van der Waals surface area contributed by atoms with Gasteiger partial charge in [0.15, 0.2) is 5.96 Å². The van der Waals surface area contributed by atoms with Crippen LogP contribution < -0.4 is 15.4 Å². The zero-order valence-electron chi connectivity index (χ0n) is 18.5. The van der Waals surface area contributed by atoms with Crippen molar-refractivity contribution in [3.8, 4) is 5.75 Å². The van der Waals surface area contributed by atoms with Gasteiger partial charge in [0.25, 0.3) is 0 Å². The molecule has 0 aliphatic carbocycles. The minimum absolute atomic E-state index is 0. The number of ether oxygens (including phenoxy) is 1. The lowest BCUT2D eigenvalue weighted by molar-refractivity contribution is -0.127. The third kappa shape index (κ3) is 8.22. The van der Waals surface area contributed by atoms with E-state index in [4.69, 9.17) is 4.74 Å². The standard InChI is InChI=1S/C23H32N4O2.HI/c1-17-7-6-8-18(2)21(17)13-14-24-23(26-16-22(28)27(3)4)25-15-19-9-11-20(29-5)12-10-19;/h6-12H,13-16H2,1-5H3,(H2,24,25,26);1H. The lowest BCUT2D eigenvalue weighted by Gasteiger charge is -2.16. The third-order valence-electron chi connectivity index (χ3n) is 4.80. The first kappa shape index (κ1) is 25.7. The number of carbonyl (C=O) groups excluding carboxylic acids is 1. The quantitative estimate of drug-likeness (QED) is 0.316. The van der Waals surface area contributed by atoms with Crippen molar-refractivity contribution < 1.29 is 9.53 Å². The number of rotatable bonds is 8. The molecule has 30 heavy (non-hydrogen) atoms. The molecule has 0 saturated heterocycles. The molecule has 6 nitrogen and oxygen atoms in total. The number of aryl methyl sites for hydroxylation is 2. The number of hydrogen-bond acceptors (Lipinski definition) is 3. The Morgan fingerprint density at radius 1 is 1.03 bits per heavy atom. The number of hydrogen-bond donors (Lipinski definition) is 2. The molecule has 2 rings (SSSR count). The van der Waals surface area contributed by atoms with Crippen LogP contribution in [0.25, 0.3) is 0 Å². The average molecular weight is 524 g/mol. The summed E-state index contributed by atoms with van der Waals surface area (Å²) < 4.78 is 5.19. The van der Waals surface area contributed by atoms with Gasteiger partial charge in [0.05, 0.1) is 20.2 Å². The maximum absolute atomic E-state index is 11.9. The summed E-state index contributed by atoms with van der Waals surface area (Å²) >= 11 is 0. The van der Waals surface area contributed by atoms with Gasteiger partial charge in [-0.05, 0) is 54.7 Å². The first-order chi connectivity index (χ1) is 13.9. The Kier molecular flexibility index (Phi) is 11.2. The SMILES string of the molecule is COc1ccc(CN=C(NCCc2c(C)cccc2C)NCC(=O)N(C)C)cc1.I. The van der Waals surface area contributed by atoms with Gasteiger partial charge in [-0.25, -0.2) is 4.99 Å². The number of nitrogens with one attached hydrogen (secondary N) is 2. The second-order valence-corrected chi connectivity index (χ2v) is 7.20. The molecule has 0 aromatic heterocycles. The van der Waals surface area contributed by atoms with Gasteiger partial charge in [-0.3, -0.25) is 4.79 Å². The van der Waals surface area contributed by atoms with E-state index in [2.05, 4.69) is 47.7 Å². The highest BCUT2D eigenvalue weighted by Crippen LogP contribution is 2.13. The Labute approximate surface area is 197 Å². The number of benzene rings is 2. The molecule has 0 radical (unpaired) electrons. The highest BCUT2D eigenvalue weighted by atomic mass is 127. The second kappa shape index (κ2) is 13.1. The normalized spacial score (nSPS) is 10.8. The highest BCUT2D eigenvalue weighted by Gasteiger charge is 2.07. The minimum atomic E-state index is -0.00121. The fourth-order valence-corrected chi connectivity index (χ4v) is 2.94. The van der Waals surface area contributed by atoms with E-state index < -0.39 is 0 Å². The van der Waals surface area contributed by atoms with E-state index in [9.17, 15) is 4.79 Å². The molecule has 0 fully saturated rings. The number of methoxy groups -OCH3 is 1. The summed E-state index contributed by atoms with van der Waals surface area (Å²) in [4.78, 5) is 18.1. The van der Waals surface area contributed by atoms with Crippen LogP contribution >= 0.6 is 24.0 Å². The van der Waals surface area contributed by atoms with E-state index in [1.54, 1.807) is 26.1 Å². The van der Waals surface area contributed by atoms with Gasteiger partial charge in [0.1, 0.15) is 5.75 Å². The van der Waals surface area contributed by atoms with Gasteiger partial charge in [-0.1, -0.05) is 30.3 Å². The van der Waals surface area contributed by atoms with Crippen LogP contribution in [0.15, 0.2) is 47.5 Å². The van der Waals surface area contributed by atoms with Crippen LogP contribution in [0.3, 0.4) is 0 Å². The van der Waals surface area contributed by atoms with E-state index >= 15 is 0 Å². The fourth-order valence-electron chi connectivity index (χ4n) is 2.94. The molecule has 0 bridgehead atoms. The van der Waals surface area contributed by atoms with Gasteiger partial charge < -0.3 is 20.3 Å². The van der Waals surface area contributed by atoms with Gasteiger partial charge in [-0.2, -0.15) is 0 Å². The minimum Gasteiger partial charge on any atom is -0.497 e. The average Bonchev–Trinajstić information content (AvgIpc) is 2.71. The predicted molar refractivity (Wildman–Crippen MR) is 134 cm³/mol. The molecular formula is C23H33IN4O2. The summed E-state index contributed by atoms with van der Waals surface area (Å²) in [5.41, 5.74) is 5.00. The number of nitrogens with zero attached hydrogens (tertiary/aromatic N) is 2. The molecule has 2 N–H and O–H groups in total. The summed E-state index contributed by atoms with van der Waals surface area (Å²) in [5, 5.41) is 6.49. The monoisotopic (exact) mass is 524 g/mol. The van der Waals surface area contributed by atoms with Gasteiger partial charge >= 0.3 is 0 Å². The summed E-state index contributed by atoms with van der Waals surface area (Å²) in [5.74, 6) is 1.44. The smallest absolute Gasteiger partial charge is 0.241 e. The third-order valence-corrected chi connectivity index (χ3v) is 4.80. The fraction of sp³-hybridized carbons (Fsp3) is 0.391. The molecule has 0 unspecified atom stereocenters. The molecule has 0 spiro atoms. The van der Waals surface area contributed by atoms with Crippen LogP contribution in [0.5, 0.6) is 5.75 Å². The molecule has 2 aromatic carbocycles. The summed E-state index contributed by atoms with van der Waals surface area (Å²) in [6, 6.07) is 14.2. The predicted octanol–water partition coefficient (Wildman–Crippen LogP) is 3.30. The number of likely N-dealkylation sites (N-methyl/N-ethyl adjacent to an activating group) is 1. The molecule has 0 heterocycles. The van der Waals surface area contributed by atoms with E-state index in [-0.39, 0.29) is 36.4 Å². The van der Waals surface area contributed by atoms with Crippen molar-refractivity contribution in [2.75, 3.05) is 34.3 Å². The lowest BCUT2D eigenvalue weighted by Crippen LogP contribution is -2.43. The van der Waals surface area contributed by atoms with Crippen molar-refractivity contribution in [2.45, 2.75) is 26.8 Å².